The monoisotopic (exact) mass is 543 g/mol. The van der Waals surface area contributed by atoms with E-state index in [4.69, 9.17) is 9.72 Å². The second-order valence-electron chi connectivity index (χ2n) is 9.12. The lowest BCUT2D eigenvalue weighted by Gasteiger charge is -2.10. The smallest absolute Gasteiger partial charge is 0.233 e. The molecule has 0 bridgehead atoms. The molecule has 6 rings (SSSR count). The lowest BCUT2D eigenvalue weighted by molar-refractivity contribution is 0.0886. The predicted octanol–water partition coefficient (Wildman–Crippen LogP) is 7.18. The molecule has 2 heterocycles. The van der Waals surface area contributed by atoms with E-state index >= 15 is 0 Å². The third-order valence-electron chi connectivity index (χ3n) is 6.63. The molecule has 36 heavy (non-hydrogen) atoms. The van der Waals surface area contributed by atoms with Gasteiger partial charge in [-0.25, -0.2) is 9.37 Å². The van der Waals surface area contributed by atoms with Gasteiger partial charge in [0.25, 0.3) is 0 Å². The highest BCUT2D eigenvalue weighted by atomic mass is 79.9. The molecular weight excluding hydrogens is 521 g/mol. The number of methoxy groups -OCH3 is 1. The number of carbonyl (C=O) groups is 1. The van der Waals surface area contributed by atoms with E-state index in [1.54, 1.807) is 17.7 Å². The largest absolute Gasteiger partial charge is 0.497 e. The highest BCUT2D eigenvalue weighted by Gasteiger charge is 2.30. The van der Waals surface area contributed by atoms with Crippen molar-refractivity contribution in [3.05, 3.63) is 95.0 Å². The number of carbonyl (C=O) groups excluding carboxylic acids is 1. The Hall–Kier alpha value is -3.71. The second kappa shape index (κ2) is 9.06. The SMILES string of the molecule is COc1ccc(-c2ccc(-c3nc4cc(Br)c(F)cc4n3Cc3ccn(C(=O)C4CC4)c3)cc2)cc1. The second-order valence-corrected chi connectivity index (χ2v) is 9.98. The number of benzene rings is 3. The molecule has 2 aromatic heterocycles. The van der Waals surface area contributed by atoms with Gasteiger partial charge in [-0.15, -0.1) is 0 Å². The molecule has 0 radical (unpaired) electrons. The van der Waals surface area contributed by atoms with Crippen molar-refractivity contribution in [2.24, 2.45) is 5.92 Å². The molecule has 0 saturated heterocycles. The number of hydrogen-bond donors (Lipinski definition) is 0. The highest BCUT2D eigenvalue weighted by molar-refractivity contribution is 9.10. The first-order chi connectivity index (χ1) is 17.5. The Morgan fingerprint density at radius 1 is 1.03 bits per heavy atom. The molecule has 7 heteroatoms. The van der Waals surface area contributed by atoms with Gasteiger partial charge >= 0.3 is 0 Å². The third-order valence-corrected chi connectivity index (χ3v) is 7.24. The summed E-state index contributed by atoms with van der Waals surface area (Å²) < 4.78 is 23.9. The number of rotatable bonds is 6. The van der Waals surface area contributed by atoms with Gasteiger partial charge < -0.3 is 9.30 Å². The summed E-state index contributed by atoms with van der Waals surface area (Å²) in [4.78, 5) is 17.3. The molecule has 3 aromatic carbocycles. The van der Waals surface area contributed by atoms with Crippen molar-refractivity contribution in [1.82, 2.24) is 14.1 Å². The number of aromatic nitrogens is 3. The minimum Gasteiger partial charge on any atom is -0.497 e. The van der Waals surface area contributed by atoms with E-state index in [1.165, 1.54) is 6.07 Å². The van der Waals surface area contributed by atoms with E-state index < -0.39 is 0 Å². The van der Waals surface area contributed by atoms with Gasteiger partial charge in [-0.1, -0.05) is 36.4 Å². The van der Waals surface area contributed by atoms with Crippen LogP contribution in [0.3, 0.4) is 0 Å². The van der Waals surface area contributed by atoms with Crippen LogP contribution in [0.15, 0.2) is 83.6 Å². The van der Waals surface area contributed by atoms with Gasteiger partial charge in [0.1, 0.15) is 17.4 Å². The molecule has 5 nitrogen and oxygen atoms in total. The molecule has 0 aliphatic heterocycles. The van der Waals surface area contributed by atoms with E-state index in [0.717, 1.165) is 46.7 Å². The van der Waals surface area contributed by atoms with Crippen LogP contribution in [-0.4, -0.2) is 27.1 Å². The van der Waals surface area contributed by atoms with Crippen LogP contribution in [0.4, 0.5) is 4.39 Å². The lowest BCUT2D eigenvalue weighted by Crippen LogP contribution is -2.10. The maximum absolute atomic E-state index is 14.5. The van der Waals surface area contributed by atoms with Crippen LogP contribution in [0.5, 0.6) is 5.75 Å². The van der Waals surface area contributed by atoms with Crippen molar-refractivity contribution >= 4 is 32.9 Å². The molecule has 180 valence electrons. The summed E-state index contributed by atoms with van der Waals surface area (Å²) in [7, 11) is 1.65. The fraction of sp³-hybridized carbons (Fsp3) is 0.172. The summed E-state index contributed by atoms with van der Waals surface area (Å²) >= 11 is 3.28. The quantitative estimate of drug-likeness (QED) is 0.228. The minimum atomic E-state index is -0.341. The van der Waals surface area contributed by atoms with E-state index in [9.17, 15) is 9.18 Å². The number of ether oxygens (including phenoxy) is 1. The number of imidazole rings is 1. The lowest BCUT2D eigenvalue weighted by atomic mass is 10.0. The first kappa shape index (κ1) is 22.7. The molecular formula is C29H23BrFN3O2. The van der Waals surface area contributed by atoms with Crippen LogP contribution in [0.1, 0.15) is 23.2 Å². The minimum absolute atomic E-state index is 0.140. The van der Waals surface area contributed by atoms with Crippen molar-refractivity contribution in [3.63, 3.8) is 0 Å². The van der Waals surface area contributed by atoms with E-state index in [-0.39, 0.29) is 17.6 Å². The van der Waals surface area contributed by atoms with E-state index in [1.807, 2.05) is 59.4 Å². The molecule has 1 aliphatic carbocycles. The van der Waals surface area contributed by atoms with E-state index in [2.05, 4.69) is 28.1 Å². The van der Waals surface area contributed by atoms with Crippen LogP contribution < -0.4 is 4.74 Å². The fourth-order valence-electron chi connectivity index (χ4n) is 4.49. The Morgan fingerprint density at radius 3 is 2.36 bits per heavy atom. The molecule has 1 fully saturated rings. The van der Waals surface area contributed by atoms with Crippen LogP contribution in [0, 0.1) is 11.7 Å². The molecule has 0 N–H and O–H groups in total. The summed E-state index contributed by atoms with van der Waals surface area (Å²) in [6.45, 7) is 0.470. The molecule has 0 spiro atoms. The van der Waals surface area contributed by atoms with Gasteiger partial charge in [-0.05, 0) is 69.7 Å². The summed E-state index contributed by atoms with van der Waals surface area (Å²) in [5.74, 6) is 1.50. The Bertz CT molecular complexity index is 1580. The number of fused-ring (bicyclic) bond motifs is 1. The summed E-state index contributed by atoms with van der Waals surface area (Å²) in [5.41, 5.74) is 5.45. The normalized spacial score (nSPS) is 13.3. The first-order valence-electron chi connectivity index (χ1n) is 11.8. The van der Waals surface area contributed by atoms with Crippen LogP contribution >= 0.6 is 15.9 Å². The van der Waals surface area contributed by atoms with Gasteiger partial charge in [-0.2, -0.15) is 0 Å². The van der Waals surface area contributed by atoms with Gasteiger partial charge in [0.05, 0.1) is 29.2 Å². The average molecular weight is 544 g/mol. The molecule has 5 aromatic rings. The van der Waals surface area contributed by atoms with Crippen molar-refractivity contribution in [1.29, 1.82) is 0 Å². The van der Waals surface area contributed by atoms with Crippen molar-refractivity contribution in [2.75, 3.05) is 7.11 Å². The van der Waals surface area contributed by atoms with Crippen molar-refractivity contribution < 1.29 is 13.9 Å². The van der Waals surface area contributed by atoms with Crippen LogP contribution in [0.2, 0.25) is 0 Å². The Balaban J connectivity index is 1.38. The zero-order valence-corrected chi connectivity index (χ0v) is 21.2. The zero-order valence-electron chi connectivity index (χ0n) is 19.6. The zero-order chi connectivity index (χ0) is 24.8. The predicted molar refractivity (Wildman–Crippen MR) is 142 cm³/mol. The number of nitrogens with zero attached hydrogens (tertiary/aromatic N) is 3. The standard InChI is InChI=1S/C29H23BrFN3O2/c1-36-23-10-8-20(9-11-23)19-2-4-21(5-3-19)28-32-26-14-24(30)25(31)15-27(26)34(28)17-18-12-13-33(16-18)29(35)22-6-7-22/h2-5,8-16,22H,6-7,17H2,1H3. The summed E-state index contributed by atoms with van der Waals surface area (Å²) in [5, 5.41) is 0. The first-order valence-corrected chi connectivity index (χ1v) is 12.6. The number of hydrogen-bond acceptors (Lipinski definition) is 3. The number of halogens is 2. The maximum Gasteiger partial charge on any atom is 0.233 e. The van der Waals surface area contributed by atoms with Gasteiger partial charge in [0, 0.05) is 29.9 Å². The van der Waals surface area contributed by atoms with Crippen molar-refractivity contribution in [3.8, 4) is 28.3 Å². The molecule has 0 amide bonds. The van der Waals surface area contributed by atoms with Crippen LogP contribution in [-0.2, 0) is 6.54 Å². The Labute approximate surface area is 216 Å². The Morgan fingerprint density at radius 2 is 1.69 bits per heavy atom. The molecule has 1 saturated carbocycles. The Kier molecular flexibility index (Phi) is 5.72. The summed E-state index contributed by atoms with van der Waals surface area (Å²) in [6, 6.07) is 21.3. The highest BCUT2D eigenvalue weighted by Crippen LogP contribution is 2.33. The van der Waals surface area contributed by atoms with Gasteiger partial charge in [0.15, 0.2) is 0 Å². The maximum atomic E-state index is 14.5. The molecule has 1 aliphatic rings. The summed E-state index contributed by atoms with van der Waals surface area (Å²) in [6.07, 6.45) is 5.61. The molecule has 0 atom stereocenters. The van der Waals surface area contributed by atoms with Crippen molar-refractivity contribution in [2.45, 2.75) is 19.4 Å². The van der Waals surface area contributed by atoms with Crippen LogP contribution in [0.25, 0.3) is 33.5 Å². The third kappa shape index (κ3) is 4.24. The van der Waals surface area contributed by atoms with E-state index in [0.29, 0.717) is 22.1 Å². The topological polar surface area (TPSA) is 49.0 Å². The van der Waals surface area contributed by atoms with Gasteiger partial charge in [0.2, 0.25) is 5.91 Å². The fourth-order valence-corrected chi connectivity index (χ4v) is 4.82. The average Bonchev–Trinajstić information content (AvgIpc) is 3.56. The molecule has 0 unspecified atom stereocenters. The van der Waals surface area contributed by atoms with Gasteiger partial charge in [-0.3, -0.25) is 9.36 Å².